The highest BCUT2D eigenvalue weighted by Crippen LogP contribution is 2.34. The highest BCUT2D eigenvalue weighted by Gasteiger charge is 2.38. The molecule has 3 rings (SSSR count). The molecule has 0 saturated carbocycles. The number of fused-ring (bicyclic) bond motifs is 2. The summed E-state index contributed by atoms with van der Waals surface area (Å²) in [5, 5.41) is 3.26. The van der Waals surface area contributed by atoms with Gasteiger partial charge in [-0.15, -0.1) is 0 Å². The molecule has 2 heterocycles. The van der Waals surface area contributed by atoms with Crippen molar-refractivity contribution in [3.63, 3.8) is 0 Å². The molecule has 1 aromatic rings. The normalized spacial score (nSPS) is 29.1. The zero-order chi connectivity index (χ0) is 14.7. The van der Waals surface area contributed by atoms with Gasteiger partial charge in [-0.05, 0) is 50.8 Å². The summed E-state index contributed by atoms with van der Waals surface area (Å²) < 4.78 is 0. The second-order valence-electron chi connectivity index (χ2n) is 6.48. The predicted molar refractivity (Wildman–Crippen MR) is 85.4 cm³/mol. The summed E-state index contributed by atoms with van der Waals surface area (Å²) in [6, 6.07) is 11.3. The Morgan fingerprint density at radius 1 is 1.19 bits per heavy atom. The molecule has 21 heavy (non-hydrogen) atoms. The molecule has 0 aliphatic carbocycles. The zero-order valence-electron chi connectivity index (χ0n) is 12.9. The summed E-state index contributed by atoms with van der Waals surface area (Å²) in [5.41, 5.74) is 0.777. The number of hydrogen-bond donors (Lipinski definition) is 1. The molecule has 3 heteroatoms. The number of benzene rings is 1. The van der Waals surface area contributed by atoms with Crippen LogP contribution in [0.3, 0.4) is 0 Å². The van der Waals surface area contributed by atoms with E-state index in [4.69, 9.17) is 0 Å². The van der Waals surface area contributed by atoms with Gasteiger partial charge in [0, 0.05) is 23.7 Å². The molecule has 1 N–H and O–H groups in total. The van der Waals surface area contributed by atoms with Crippen LogP contribution >= 0.6 is 0 Å². The van der Waals surface area contributed by atoms with Crippen LogP contribution in [0.1, 0.15) is 55.8 Å². The molecule has 3 atom stereocenters. The Balaban J connectivity index is 1.62. The summed E-state index contributed by atoms with van der Waals surface area (Å²) in [6.07, 6.45) is 7.43. The van der Waals surface area contributed by atoms with E-state index >= 15 is 0 Å². The average Bonchev–Trinajstić information content (AvgIpc) is 2.49. The second-order valence-corrected chi connectivity index (χ2v) is 6.48. The molecule has 2 aliphatic rings. The number of nitrogens with zero attached hydrogens (tertiary/aromatic N) is 1. The Labute approximate surface area is 127 Å². The summed E-state index contributed by atoms with van der Waals surface area (Å²) in [4.78, 5) is 15.0. The topological polar surface area (TPSA) is 32.3 Å². The van der Waals surface area contributed by atoms with Gasteiger partial charge in [-0.3, -0.25) is 9.69 Å². The molecule has 0 aromatic heterocycles. The Bertz CT molecular complexity index is 459. The van der Waals surface area contributed by atoms with Gasteiger partial charge in [0.15, 0.2) is 0 Å². The van der Waals surface area contributed by atoms with Gasteiger partial charge in [-0.1, -0.05) is 31.5 Å². The first kappa shape index (κ1) is 14.6. The fraction of sp³-hybridized carbons (Fsp3) is 0.611. The van der Waals surface area contributed by atoms with Crippen LogP contribution in [0.5, 0.6) is 0 Å². The molecule has 0 radical (unpaired) electrons. The third-order valence-electron chi connectivity index (χ3n) is 4.98. The van der Waals surface area contributed by atoms with Crippen LogP contribution < -0.4 is 5.32 Å². The van der Waals surface area contributed by atoms with E-state index in [2.05, 4.69) is 17.1 Å². The lowest BCUT2D eigenvalue weighted by atomic mass is 9.81. The van der Waals surface area contributed by atoms with E-state index < -0.39 is 0 Å². The number of amides is 1. The minimum absolute atomic E-state index is 0.0858. The SMILES string of the molecule is CCCN1[C@@H]2CCC[C@H]1CC(NC(=O)c1ccccc1)C2. The Hall–Kier alpha value is -1.35. The molecule has 2 fully saturated rings. The van der Waals surface area contributed by atoms with Gasteiger partial charge in [0.05, 0.1) is 0 Å². The summed E-state index contributed by atoms with van der Waals surface area (Å²) in [5.74, 6) is 0.0858. The molecule has 3 nitrogen and oxygen atoms in total. The summed E-state index contributed by atoms with van der Waals surface area (Å²) in [6.45, 7) is 3.48. The first-order valence-electron chi connectivity index (χ1n) is 8.39. The second kappa shape index (κ2) is 6.61. The maximum Gasteiger partial charge on any atom is 0.251 e. The quantitative estimate of drug-likeness (QED) is 0.922. The molecule has 2 bridgehead atoms. The van der Waals surface area contributed by atoms with Gasteiger partial charge in [0.1, 0.15) is 0 Å². The fourth-order valence-corrected chi connectivity index (χ4v) is 4.08. The third-order valence-corrected chi connectivity index (χ3v) is 4.98. The van der Waals surface area contributed by atoms with Crippen LogP contribution in [0.15, 0.2) is 30.3 Å². The molecule has 114 valence electrons. The van der Waals surface area contributed by atoms with Crippen LogP contribution in [0.2, 0.25) is 0 Å². The van der Waals surface area contributed by atoms with Gasteiger partial charge < -0.3 is 5.32 Å². The summed E-state index contributed by atoms with van der Waals surface area (Å²) >= 11 is 0. The molecule has 2 aliphatic heterocycles. The van der Waals surface area contributed by atoms with Crippen molar-refractivity contribution in [1.29, 1.82) is 0 Å². The van der Waals surface area contributed by atoms with Gasteiger partial charge >= 0.3 is 0 Å². The van der Waals surface area contributed by atoms with Crippen LogP contribution in [0, 0.1) is 0 Å². The number of carbonyl (C=O) groups is 1. The number of nitrogens with one attached hydrogen (secondary N) is 1. The van der Waals surface area contributed by atoms with Crippen molar-refractivity contribution in [1.82, 2.24) is 10.2 Å². The van der Waals surface area contributed by atoms with E-state index in [1.165, 1.54) is 32.2 Å². The molecule has 0 spiro atoms. The van der Waals surface area contributed by atoms with E-state index in [1.54, 1.807) is 0 Å². The third kappa shape index (κ3) is 3.29. The van der Waals surface area contributed by atoms with Crippen molar-refractivity contribution < 1.29 is 4.79 Å². The first-order valence-corrected chi connectivity index (χ1v) is 8.39. The van der Waals surface area contributed by atoms with E-state index in [1.807, 2.05) is 30.3 Å². The van der Waals surface area contributed by atoms with Crippen molar-refractivity contribution in [2.45, 2.75) is 63.6 Å². The lowest BCUT2D eigenvalue weighted by molar-refractivity contribution is 0.0245. The predicted octanol–water partition coefficient (Wildman–Crippen LogP) is 3.21. The fourth-order valence-electron chi connectivity index (χ4n) is 4.08. The Kier molecular flexibility index (Phi) is 4.59. The van der Waals surface area contributed by atoms with Crippen molar-refractivity contribution in [3.05, 3.63) is 35.9 Å². The maximum absolute atomic E-state index is 12.3. The highest BCUT2D eigenvalue weighted by atomic mass is 16.1. The van der Waals surface area contributed by atoms with E-state index in [0.29, 0.717) is 18.1 Å². The maximum atomic E-state index is 12.3. The van der Waals surface area contributed by atoms with Gasteiger partial charge in [-0.2, -0.15) is 0 Å². The molecular weight excluding hydrogens is 260 g/mol. The standard InChI is InChI=1S/C18H26N2O/c1-2-11-20-16-9-6-10-17(20)13-15(12-16)19-18(21)14-7-4-3-5-8-14/h3-5,7-8,15-17H,2,6,9-13H2,1H3,(H,19,21)/t15?,16-,17+. The molecule has 1 aromatic carbocycles. The lowest BCUT2D eigenvalue weighted by Crippen LogP contribution is -2.57. The number of piperidine rings is 2. The van der Waals surface area contributed by atoms with E-state index in [-0.39, 0.29) is 5.91 Å². The average molecular weight is 286 g/mol. The largest absolute Gasteiger partial charge is 0.349 e. The van der Waals surface area contributed by atoms with Gasteiger partial charge in [-0.25, -0.2) is 0 Å². The van der Waals surface area contributed by atoms with Crippen LogP contribution in [0.4, 0.5) is 0 Å². The smallest absolute Gasteiger partial charge is 0.251 e. The van der Waals surface area contributed by atoms with Crippen LogP contribution in [0.25, 0.3) is 0 Å². The Morgan fingerprint density at radius 2 is 1.86 bits per heavy atom. The van der Waals surface area contributed by atoms with E-state index in [9.17, 15) is 4.79 Å². The molecular formula is C18H26N2O. The minimum Gasteiger partial charge on any atom is -0.349 e. The monoisotopic (exact) mass is 286 g/mol. The summed E-state index contributed by atoms with van der Waals surface area (Å²) in [7, 11) is 0. The van der Waals surface area contributed by atoms with Gasteiger partial charge in [0.2, 0.25) is 0 Å². The van der Waals surface area contributed by atoms with Crippen molar-refractivity contribution in [2.75, 3.05) is 6.54 Å². The number of hydrogen-bond acceptors (Lipinski definition) is 2. The van der Waals surface area contributed by atoms with Crippen molar-refractivity contribution >= 4 is 5.91 Å². The number of carbonyl (C=O) groups excluding carboxylic acids is 1. The first-order chi connectivity index (χ1) is 10.3. The van der Waals surface area contributed by atoms with Crippen LogP contribution in [-0.4, -0.2) is 35.5 Å². The van der Waals surface area contributed by atoms with Crippen molar-refractivity contribution in [3.8, 4) is 0 Å². The molecule has 1 unspecified atom stereocenters. The van der Waals surface area contributed by atoms with Gasteiger partial charge in [0.25, 0.3) is 5.91 Å². The van der Waals surface area contributed by atoms with E-state index in [0.717, 1.165) is 18.4 Å². The Morgan fingerprint density at radius 3 is 2.48 bits per heavy atom. The van der Waals surface area contributed by atoms with Crippen LogP contribution in [-0.2, 0) is 0 Å². The lowest BCUT2D eigenvalue weighted by Gasteiger charge is -2.49. The zero-order valence-corrected chi connectivity index (χ0v) is 12.9. The highest BCUT2D eigenvalue weighted by molar-refractivity contribution is 5.94. The molecule has 2 saturated heterocycles. The van der Waals surface area contributed by atoms with Crippen molar-refractivity contribution in [2.24, 2.45) is 0 Å². The number of rotatable bonds is 4. The molecule has 1 amide bonds. The minimum atomic E-state index is 0.0858.